The average Bonchev–Trinajstić information content (AvgIpc) is 2.37. The Hall–Kier alpha value is -0.180. The molecule has 1 unspecified atom stereocenters. The molecule has 0 radical (unpaired) electrons. The van der Waals surface area contributed by atoms with Crippen LogP contribution in [0.3, 0.4) is 0 Å². The van der Waals surface area contributed by atoms with Crippen LogP contribution in [0, 0.1) is 0 Å². The molecular weight excluding hydrogens is 356 g/mol. The largest absolute Gasteiger partial charge is 0.374 e. The number of hydrogen-bond donors (Lipinski definition) is 2. The normalized spacial score (nSPS) is 20.4. The van der Waals surface area contributed by atoms with E-state index in [1.807, 2.05) is 0 Å². The molecule has 1 fully saturated rings. The minimum absolute atomic E-state index is 0.0705. The highest BCUT2D eigenvalue weighted by Gasteiger charge is 2.21. The molecule has 1 heterocycles. The van der Waals surface area contributed by atoms with Crippen molar-refractivity contribution in [2.24, 2.45) is 0 Å². The zero-order valence-corrected chi connectivity index (χ0v) is 13.2. The van der Waals surface area contributed by atoms with Crippen molar-refractivity contribution in [3.63, 3.8) is 0 Å². The first-order valence-corrected chi connectivity index (χ1v) is 8.41. The summed E-state index contributed by atoms with van der Waals surface area (Å²) < 4.78 is 32.9. The Morgan fingerprint density at radius 3 is 2.95 bits per heavy atom. The van der Waals surface area contributed by atoms with Crippen LogP contribution in [0.15, 0.2) is 27.6 Å². The molecule has 1 aliphatic heterocycles. The van der Waals surface area contributed by atoms with Crippen molar-refractivity contribution < 1.29 is 13.2 Å². The Morgan fingerprint density at radius 1 is 1.53 bits per heavy atom. The summed E-state index contributed by atoms with van der Waals surface area (Å²) in [6.07, 6.45) is -0.155. The molecule has 1 atom stereocenters. The Bertz CT molecular complexity index is 547. The molecule has 8 heteroatoms. The summed E-state index contributed by atoms with van der Waals surface area (Å²) in [4.78, 5) is 0.0705. The fraction of sp³-hybridized carbons (Fsp3) is 0.455. The second-order valence-electron chi connectivity index (χ2n) is 4.12. The van der Waals surface area contributed by atoms with Gasteiger partial charge in [0.15, 0.2) is 0 Å². The maximum absolute atomic E-state index is 12.1. The van der Waals surface area contributed by atoms with Crippen LogP contribution in [0.1, 0.15) is 0 Å². The topological polar surface area (TPSA) is 67.4 Å². The number of nitrogens with one attached hydrogen (secondary N) is 2. The monoisotopic (exact) mass is 368 g/mol. The second kappa shape index (κ2) is 6.51. The highest BCUT2D eigenvalue weighted by atomic mass is 79.9. The zero-order valence-electron chi connectivity index (χ0n) is 10.0. The number of morpholine rings is 1. The van der Waals surface area contributed by atoms with Gasteiger partial charge in [-0.3, -0.25) is 0 Å². The Balaban J connectivity index is 2.05. The molecule has 0 saturated carbocycles. The fourth-order valence-corrected chi connectivity index (χ4v) is 3.83. The first-order chi connectivity index (χ1) is 8.99. The van der Waals surface area contributed by atoms with E-state index >= 15 is 0 Å². The molecule has 0 bridgehead atoms. The summed E-state index contributed by atoms with van der Waals surface area (Å²) in [5, 5.41) is 3.32. The summed E-state index contributed by atoms with van der Waals surface area (Å²) in [5.74, 6) is 0. The second-order valence-corrected chi connectivity index (χ2v) is 7.18. The standard InChI is InChI=1S/C11H14BrClN2O3S/c12-8-1-2-11(10(13)5-8)19(16,17)15-7-9-6-14-3-4-18-9/h1-2,5,9,14-15H,3-4,6-7H2. The van der Waals surface area contributed by atoms with Crippen molar-refractivity contribution in [3.05, 3.63) is 27.7 Å². The van der Waals surface area contributed by atoms with E-state index in [0.29, 0.717) is 13.2 Å². The Morgan fingerprint density at radius 2 is 2.32 bits per heavy atom. The minimum Gasteiger partial charge on any atom is -0.374 e. The molecule has 1 aromatic rings. The van der Waals surface area contributed by atoms with Gasteiger partial charge in [0.25, 0.3) is 0 Å². The highest BCUT2D eigenvalue weighted by Crippen LogP contribution is 2.24. The molecule has 0 aromatic heterocycles. The third-order valence-electron chi connectivity index (χ3n) is 2.69. The van der Waals surface area contributed by atoms with Gasteiger partial charge in [0.1, 0.15) is 4.90 Å². The quantitative estimate of drug-likeness (QED) is 0.841. The average molecular weight is 370 g/mol. The van der Waals surface area contributed by atoms with Crippen LogP contribution < -0.4 is 10.0 Å². The first-order valence-electron chi connectivity index (χ1n) is 5.76. The van der Waals surface area contributed by atoms with Gasteiger partial charge in [-0.15, -0.1) is 0 Å². The van der Waals surface area contributed by atoms with Gasteiger partial charge in [-0.2, -0.15) is 0 Å². The number of sulfonamides is 1. The molecule has 1 aromatic carbocycles. The summed E-state index contributed by atoms with van der Waals surface area (Å²) in [7, 11) is -3.62. The third-order valence-corrected chi connectivity index (χ3v) is 5.09. The van der Waals surface area contributed by atoms with Crippen molar-refractivity contribution in [1.82, 2.24) is 10.0 Å². The van der Waals surface area contributed by atoms with E-state index < -0.39 is 10.0 Å². The predicted octanol–water partition coefficient (Wildman–Crippen LogP) is 1.37. The van der Waals surface area contributed by atoms with Gasteiger partial charge in [-0.05, 0) is 18.2 Å². The van der Waals surface area contributed by atoms with Gasteiger partial charge in [0, 0.05) is 24.1 Å². The minimum atomic E-state index is -3.62. The molecule has 106 valence electrons. The van der Waals surface area contributed by atoms with E-state index in [-0.39, 0.29) is 22.6 Å². The van der Waals surface area contributed by atoms with E-state index in [9.17, 15) is 8.42 Å². The fourth-order valence-electron chi connectivity index (χ4n) is 1.72. The molecule has 5 nitrogen and oxygen atoms in total. The summed E-state index contributed by atoms with van der Waals surface area (Å²) in [5.41, 5.74) is 0. The number of hydrogen-bond acceptors (Lipinski definition) is 4. The molecule has 1 saturated heterocycles. The first kappa shape index (κ1) is 15.2. The van der Waals surface area contributed by atoms with Crippen molar-refractivity contribution in [3.8, 4) is 0 Å². The number of rotatable bonds is 4. The van der Waals surface area contributed by atoms with Crippen LogP contribution in [0.25, 0.3) is 0 Å². The summed E-state index contributed by atoms with van der Waals surface area (Å²) in [6, 6.07) is 4.66. The van der Waals surface area contributed by atoms with Crippen LogP contribution in [0.4, 0.5) is 0 Å². The molecule has 0 aliphatic carbocycles. The molecule has 2 N–H and O–H groups in total. The van der Waals surface area contributed by atoms with Crippen LogP contribution in [-0.4, -0.2) is 40.8 Å². The third kappa shape index (κ3) is 4.14. The maximum Gasteiger partial charge on any atom is 0.242 e. The van der Waals surface area contributed by atoms with Gasteiger partial charge < -0.3 is 10.1 Å². The van der Waals surface area contributed by atoms with Gasteiger partial charge in [-0.25, -0.2) is 13.1 Å². The van der Waals surface area contributed by atoms with Crippen LogP contribution in [0.5, 0.6) is 0 Å². The van der Waals surface area contributed by atoms with Crippen LogP contribution >= 0.6 is 27.5 Å². The van der Waals surface area contributed by atoms with E-state index in [2.05, 4.69) is 26.0 Å². The van der Waals surface area contributed by atoms with E-state index in [4.69, 9.17) is 16.3 Å². The summed E-state index contributed by atoms with van der Waals surface area (Å²) in [6.45, 7) is 2.24. The van der Waals surface area contributed by atoms with E-state index in [1.165, 1.54) is 6.07 Å². The summed E-state index contributed by atoms with van der Waals surface area (Å²) >= 11 is 9.18. The highest BCUT2D eigenvalue weighted by molar-refractivity contribution is 9.10. The molecule has 19 heavy (non-hydrogen) atoms. The van der Waals surface area contributed by atoms with Crippen molar-refractivity contribution >= 4 is 37.6 Å². The van der Waals surface area contributed by atoms with Crippen LogP contribution in [0.2, 0.25) is 5.02 Å². The Labute approximate surface area is 125 Å². The number of ether oxygens (including phenoxy) is 1. The lowest BCUT2D eigenvalue weighted by Gasteiger charge is -2.23. The number of halogens is 2. The van der Waals surface area contributed by atoms with Crippen molar-refractivity contribution in [2.45, 2.75) is 11.0 Å². The molecule has 2 rings (SSSR count). The van der Waals surface area contributed by atoms with Crippen LogP contribution in [-0.2, 0) is 14.8 Å². The number of benzene rings is 1. The lowest BCUT2D eigenvalue weighted by Crippen LogP contribution is -2.45. The zero-order chi connectivity index (χ0) is 13.9. The predicted molar refractivity (Wildman–Crippen MR) is 77.0 cm³/mol. The lowest BCUT2D eigenvalue weighted by atomic mass is 10.3. The smallest absolute Gasteiger partial charge is 0.242 e. The maximum atomic E-state index is 12.1. The molecule has 0 amide bonds. The Kier molecular flexibility index (Phi) is 5.22. The van der Waals surface area contributed by atoms with Gasteiger partial charge in [-0.1, -0.05) is 27.5 Å². The van der Waals surface area contributed by atoms with Crippen molar-refractivity contribution in [2.75, 3.05) is 26.2 Å². The molecule has 0 spiro atoms. The van der Waals surface area contributed by atoms with E-state index in [0.717, 1.165) is 11.0 Å². The van der Waals surface area contributed by atoms with Gasteiger partial charge >= 0.3 is 0 Å². The van der Waals surface area contributed by atoms with E-state index in [1.54, 1.807) is 12.1 Å². The van der Waals surface area contributed by atoms with Crippen molar-refractivity contribution in [1.29, 1.82) is 0 Å². The lowest BCUT2D eigenvalue weighted by molar-refractivity contribution is 0.0324. The SMILES string of the molecule is O=S(=O)(NCC1CNCCO1)c1ccc(Br)cc1Cl. The molecular formula is C11H14BrClN2O3S. The molecule has 1 aliphatic rings. The van der Waals surface area contributed by atoms with Gasteiger partial charge in [0.2, 0.25) is 10.0 Å². The van der Waals surface area contributed by atoms with Gasteiger partial charge in [0.05, 0.1) is 17.7 Å².